The fraction of sp³-hybridized carbons (Fsp3) is 0.571. The monoisotopic (exact) mass is 299 g/mol. The molecule has 1 unspecified atom stereocenters. The van der Waals surface area contributed by atoms with E-state index in [4.69, 9.17) is 0 Å². The van der Waals surface area contributed by atoms with Crippen LogP contribution in [0.4, 0.5) is 19.0 Å². The number of amides is 1. The zero-order valence-corrected chi connectivity index (χ0v) is 11.4. The largest absolute Gasteiger partial charge is 0.419 e. The van der Waals surface area contributed by atoms with E-state index in [0.717, 1.165) is 12.5 Å². The lowest BCUT2D eigenvalue weighted by molar-refractivity contribution is -0.137. The Morgan fingerprint density at radius 2 is 2.14 bits per heavy atom. The average molecular weight is 299 g/mol. The van der Waals surface area contributed by atoms with Crippen LogP contribution in [0.1, 0.15) is 24.8 Å². The van der Waals surface area contributed by atoms with Crippen LogP contribution >= 0.6 is 0 Å². The van der Waals surface area contributed by atoms with Crippen molar-refractivity contribution in [1.29, 1.82) is 0 Å². The third kappa shape index (κ3) is 2.45. The Balaban J connectivity index is 1.93. The Bertz CT molecular complexity index is 561. The number of hydrogen-bond donors (Lipinski definition) is 1. The summed E-state index contributed by atoms with van der Waals surface area (Å²) in [5, 5.41) is 2.79. The molecular weight excluding hydrogens is 283 g/mol. The number of hydrogen-bond acceptors (Lipinski definition) is 3. The molecular formula is C14H16F3N3O. The Morgan fingerprint density at radius 3 is 2.81 bits per heavy atom. The molecule has 21 heavy (non-hydrogen) atoms. The molecule has 2 aliphatic heterocycles. The first-order valence-corrected chi connectivity index (χ1v) is 6.98. The van der Waals surface area contributed by atoms with Gasteiger partial charge < -0.3 is 10.2 Å². The molecule has 0 radical (unpaired) electrons. The summed E-state index contributed by atoms with van der Waals surface area (Å²) in [6.45, 7) is 1.40. The van der Waals surface area contributed by atoms with Gasteiger partial charge in [0.15, 0.2) is 0 Å². The van der Waals surface area contributed by atoms with Crippen LogP contribution < -0.4 is 10.2 Å². The van der Waals surface area contributed by atoms with Gasteiger partial charge in [0.05, 0.1) is 11.0 Å². The molecule has 1 atom stereocenters. The maximum absolute atomic E-state index is 13.1. The molecule has 3 heterocycles. The molecule has 2 aliphatic rings. The van der Waals surface area contributed by atoms with Gasteiger partial charge in [-0.3, -0.25) is 4.79 Å². The van der Waals surface area contributed by atoms with Gasteiger partial charge in [-0.1, -0.05) is 0 Å². The zero-order chi connectivity index (χ0) is 15.1. The number of nitrogens with zero attached hydrogens (tertiary/aromatic N) is 2. The fourth-order valence-corrected chi connectivity index (χ4v) is 3.29. The Labute approximate surface area is 120 Å². The van der Waals surface area contributed by atoms with Gasteiger partial charge in [0, 0.05) is 25.8 Å². The third-order valence-corrected chi connectivity index (χ3v) is 4.34. The number of anilines is 1. The topological polar surface area (TPSA) is 45.2 Å². The zero-order valence-electron chi connectivity index (χ0n) is 11.4. The van der Waals surface area contributed by atoms with Gasteiger partial charge in [0.25, 0.3) is 0 Å². The van der Waals surface area contributed by atoms with E-state index in [2.05, 4.69) is 10.3 Å². The first-order chi connectivity index (χ1) is 9.92. The molecule has 1 N–H and O–H groups in total. The van der Waals surface area contributed by atoms with Crippen LogP contribution in [0.3, 0.4) is 0 Å². The number of nitrogens with one attached hydrogen (secondary N) is 1. The van der Waals surface area contributed by atoms with E-state index in [1.54, 1.807) is 4.90 Å². The molecule has 0 aliphatic carbocycles. The summed E-state index contributed by atoms with van der Waals surface area (Å²) < 4.78 is 39.3. The predicted molar refractivity (Wildman–Crippen MR) is 70.7 cm³/mol. The summed E-state index contributed by atoms with van der Waals surface area (Å²) in [5.41, 5.74) is -1.29. The quantitative estimate of drug-likeness (QED) is 0.865. The van der Waals surface area contributed by atoms with Crippen molar-refractivity contribution in [3.8, 4) is 0 Å². The van der Waals surface area contributed by atoms with E-state index in [0.29, 0.717) is 32.5 Å². The van der Waals surface area contributed by atoms with Crippen LogP contribution in [-0.4, -0.2) is 30.5 Å². The van der Waals surface area contributed by atoms with E-state index in [1.807, 2.05) is 0 Å². The molecule has 0 aromatic carbocycles. The standard InChI is InChI=1S/C14H16F3N3O/c15-14(16,17)10-3-1-6-18-11(10)20-8-2-4-13(9-20)5-7-19-12(13)21/h1,3,6H,2,4-5,7-9H2,(H,19,21). The van der Waals surface area contributed by atoms with Crippen molar-refractivity contribution in [2.45, 2.75) is 25.4 Å². The van der Waals surface area contributed by atoms with E-state index in [1.165, 1.54) is 12.3 Å². The van der Waals surface area contributed by atoms with Gasteiger partial charge in [-0.25, -0.2) is 4.98 Å². The van der Waals surface area contributed by atoms with E-state index < -0.39 is 17.2 Å². The highest BCUT2D eigenvalue weighted by molar-refractivity contribution is 5.85. The van der Waals surface area contributed by atoms with Crippen molar-refractivity contribution >= 4 is 11.7 Å². The summed E-state index contributed by atoms with van der Waals surface area (Å²) in [4.78, 5) is 17.6. The molecule has 2 fully saturated rings. The lowest BCUT2D eigenvalue weighted by atomic mass is 9.78. The van der Waals surface area contributed by atoms with Gasteiger partial charge in [0.1, 0.15) is 5.82 Å². The number of carbonyl (C=O) groups excluding carboxylic acids is 1. The van der Waals surface area contributed by atoms with Crippen LogP contribution in [0.2, 0.25) is 0 Å². The minimum Gasteiger partial charge on any atom is -0.356 e. The Hall–Kier alpha value is -1.79. The predicted octanol–water partition coefficient (Wildman–Crippen LogP) is 2.21. The SMILES string of the molecule is O=C1NCCC12CCCN(c1ncccc1C(F)(F)F)C2. The van der Waals surface area contributed by atoms with Crippen LogP contribution in [0.15, 0.2) is 18.3 Å². The Morgan fingerprint density at radius 1 is 1.33 bits per heavy atom. The summed E-state index contributed by atoms with van der Waals surface area (Å²) in [6.07, 6.45) is -0.978. The van der Waals surface area contributed by atoms with Crippen molar-refractivity contribution in [3.63, 3.8) is 0 Å². The molecule has 7 heteroatoms. The molecule has 1 aromatic rings. The summed E-state index contributed by atoms with van der Waals surface area (Å²) in [7, 11) is 0. The molecule has 2 saturated heterocycles. The fourth-order valence-electron chi connectivity index (χ4n) is 3.29. The summed E-state index contributed by atoms with van der Waals surface area (Å²) >= 11 is 0. The minimum absolute atomic E-state index is 0.0447. The second-order valence-electron chi connectivity index (χ2n) is 5.68. The highest BCUT2D eigenvalue weighted by atomic mass is 19.4. The van der Waals surface area contributed by atoms with Gasteiger partial charge >= 0.3 is 6.18 Å². The highest BCUT2D eigenvalue weighted by Crippen LogP contribution is 2.41. The summed E-state index contributed by atoms with van der Waals surface area (Å²) in [6, 6.07) is 2.33. The maximum Gasteiger partial charge on any atom is 0.419 e. The van der Waals surface area contributed by atoms with Crippen molar-refractivity contribution in [3.05, 3.63) is 23.9 Å². The van der Waals surface area contributed by atoms with Crippen LogP contribution in [-0.2, 0) is 11.0 Å². The highest BCUT2D eigenvalue weighted by Gasteiger charge is 2.46. The average Bonchev–Trinajstić information content (AvgIpc) is 2.79. The van der Waals surface area contributed by atoms with Crippen LogP contribution in [0.5, 0.6) is 0 Å². The number of pyridine rings is 1. The van der Waals surface area contributed by atoms with Crippen LogP contribution in [0.25, 0.3) is 0 Å². The second kappa shape index (κ2) is 4.89. The number of piperidine rings is 1. The number of rotatable bonds is 1. The summed E-state index contributed by atoms with van der Waals surface area (Å²) in [5.74, 6) is -0.111. The minimum atomic E-state index is -4.44. The third-order valence-electron chi connectivity index (χ3n) is 4.34. The van der Waals surface area contributed by atoms with Gasteiger partial charge in [-0.15, -0.1) is 0 Å². The number of carbonyl (C=O) groups is 1. The van der Waals surface area contributed by atoms with E-state index in [-0.39, 0.29) is 11.7 Å². The number of alkyl halides is 3. The molecule has 0 saturated carbocycles. The maximum atomic E-state index is 13.1. The van der Waals surface area contributed by atoms with Crippen LogP contribution in [0, 0.1) is 5.41 Å². The van der Waals surface area contributed by atoms with Crippen molar-refractivity contribution in [2.24, 2.45) is 5.41 Å². The number of aromatic nitrogens is 1. The van der Waals surface area contributed by atoms with Gasteiger partial charge in [-0.05, 0) is 31.4 Å². The molecule has 1 amide bonds. The normalized spacial score (nSPS) is 26.2. The first kappa shape index (κ1) is 14.2. The Kier molecular flexibility index (Phi) is 3.30. The smallest absolute Gasteiger partial charge is 0.356 e. The van der Waals surface area contributed by atoms with Gasteiger partial charge in [-0.2, -0.15) is 13.2 Å². The molecule has 114 valence electrons. The van der Waals surface area contributed by atoms with Crippen molar-refractivity contribution in [1.82, 2.24) is 10.3 Å². The molecule has 0 bridgehead atoms. The molecule has 4 nitrogen and oxygen atoms in total. The number of halogens is 3. The molecule has 3 rings (SSSR count). The second-order valence-corrected chi connectivity index (χ2v) is 5.68. The molecule has 1 spiro atoms. The molecule has 1 aromatic heterocycles. The van der Waals surface area contributed by atoms with Crippen molar-refractivity contribution in [2.75, 3.05) is 24.5 Å². The van der Waals surface area contributed by atoms with Crippen molar-refractivity contribution < 1.29 is 18.0 Å². The lowest BCUT2D eigenvalue weighted by Crippen LogP contribution is -2.48. The van der Waals surface area contributed by atoms with E-state index >= 15 is 0 Å². The first-order valence-electron chi connectivity index (χ1n) is 6.98. The lowest BCUT2D eigenvalue weighted by Gasteiger charge is -2.39. The van der Waals surface area contributed by atoms with E-state index in [9.17, 15) is 18.0 Å². The van der Waals surface area contributed by atoms with Gasteiger partial charge in [0.2, 0.25) is 5.91 Å².